The molecule has 100 valence electrons. The van der Waals surface area contributed by atoms with Crippen LogP contribution in [0.5, 0.6) is 0 Å². The van der Waals surface area contributed by atoms with Crippen molar-refractivity contribution in [2.45, 2.75) is 32.7 Å². The first-order chi connectivity index (χ1) is 8.19. The fourth-order valence-electron chi connectivity index (χ4n) is 3.32. The number of hydrogen-bond acceptors (Lipinski definition) is 3. The van der Waals surface area contributed by atoms with Gasteiger partial charge >= 0.3 is 0 Å². The summed E-state index contributed by atoms with van der Waals surface area (Å²) in [5.41, 5.74) is 0. The molecule has 0 spiro atoms. The third-order valence-corrected chi connectivity index (χ3v) is 4.61. The average molecular weight is 239 g/mol. The minimum atomic E-state index is 0.750. The lowest BCUT2D eigenvalue weighted by Crippen LogP contribution is -2.53. The summed E-state index contributed by atoms with van der Waals surface area (Å²) in [6.45, 7) is 13.6. The maximum atomic E-state index is 2.70. The van der Waals surface area contributed by atoms with Crippen LogP contribution in [-0.4, -0.2) is 73.6 Å². The second kappa shape index (κ2) is 6.17. The first-order valence-corrected chi connectivity index (χ1v) is 7.34. The van der Waals surface area contributed by atoms with Crippen molar-refractivity contribution in [3.63, 3.8) is 0 Å². The molecule has 3 heteroatoms. The Morgan fingerprint density at radius 1 is 1.06 bits per heavy atom. The summed E-state index contributed by atoms with van der Waals surface area (Å²) in [7, 11) is 2.25. The zero-order valence-corrected chi connectivity index (χ0v) is 11.9. The minimum absolute atomic E-state index is 0.750. The summed E-state index contributed by atoms with van der Waals surface area (Å²) in [4.78, 5) is 7.77. The normalized spacial score (nSPS) is 30.9. The van der Waals surface area contributed by atoms with E-state index in [1.165, 1.54) is 58.7 Å². The maximum absolute atomic E-state index is 2.70. The molecule has 0 aromatic rings. The van der Waals surface area contributed by atoms with E-state index >= 15 is 0 Å². The molecule has 2 aliphatic rings. The molecular formula is C14H29N3. The van der Waals surface area contributed by atoms with Gasteiger partial charge in [0.05, 0.1) is 0 Å². The Kier molecular flexibility index (Phi) is 4.83. The fourth-order valence-corrected chi connectivity index (χ4v) is 3.32. The number of rotatable bonds is 3. The Morgan fingerprint density at radius 3 is 2.35 bits per heavy atom. The number of nitrogens with zero attached hydrogens (tertiary/aromatic N) is 3. The topological polar surface area (TPSA) is 9.72 Å². The zero-order valence-electron chi connectivity index (χ0n) is 11.9. The second-order valence-corrected chi connectivity index (χ2v) is 5.98. The van der Waals surface area contributed by atoms with Crippen molar-refractivity contribution in [2.75, 3.05) is 52.9 Å². The number of hydrogen-bond donors (Lipinski definition) is 0. The number of likely N-dealkylation sites (N-methyl/N-ethyl adjacent to an activating group) is 1. The third-order valence-electron chi connectivity index (χ3n) is 4.61. The molecule has 0 unspecified atom stereocenters. The van der Waals surface area contributed by atoms with E-state index in [0.29, 0.717) is 0 Å². The van der Waals surface area contributed by atoms with Crippen LogP contribution in [0.25, 0.3) is 0 Å². The van der Waals surface area contributed by atoms with Crippen LogP contribution in [0.2, 0.25) is 0 Å². The van der Waals surface area contributed by atoms with Crippen molar-refractivity contribution in [3.05, 3.63) is 0 Å². The smallest absolute Gasteiger partial charge is 0.0195 e. The molecule has 2 saturated heterocycles. The lowest BCUT2D eigenvalue weighted by Gasteiger charge is -2.41. The fraction of sp³-hybridized carbons (Fsp3) is 1.00. The second-order valence-electron chi connectivity index (χ2n) is 5.98. The summed E-state index contributed by atoms with van der Waals surface area (Å²) in [6, 6.07) is 0.750. The SMILES string of the molecule is CCN1CCN(CC2CCN(C)CC2)C[C@@H]1C. The largest absolute Gasteiger partial charge is 0.306 e. The molecule has 0 saturated carbocycles. The number of piperazine rings is 1. The van der Waals surface area contributed by atoms with Gasteiger partial charge in [-0.2, -0.15) is 0 Å². The van der Waals surface area contributed by atoms with Gasteiger partial charge in [-0.3, -0.25) is 4.90 Å². The summed E-state index contributed by atoms with van der Waals surface area (Å²) < 4.78 is 0. The molecule has 0 aromatic carbocycles. The predicted octanol–water partition coefficient (Wildman–Crippen LogP) is 1.35. The summed E-state index contributed by atoms with van der Waals surface area (Å²) in [6.07, 6.45) is 2.80. The molecule has 0 aliphatic carbocycles. The Bertz CT molecular complexity index is 224. The quantitative estimate of drug-likeness (QED) is 0.736. The van der Waals surface area contributed by atoms with Crippen molar-refractivity contribution < 1.29 is 0 Å². The van der Waals surface area contributed by atoms with Crippen LogP contribution in [0, 0.1) is 5.92 Å². The Hall–Kier alpha value is -0.120. The molecule has 2 heterocycles. The predicted molar refractivity (Wildman–Crippen MR) is 73.4 cm³/mol. The van der Waals surface area contributed by atoms with E-state index in [4.69, 9.17) is 0 Å². The molecule has 1 atom stereocenters. The van der Waals surface area contributed by atoms with Gasteiger partial charge < -0.3 is 9.80 Å². The van der Waals surface area contributed by atoms with E-state index in [0.717, 1.165) is 12.0 Å². The first kappa shape index (κ1) is 13.3. The number of piperidine rings is 1. The van der Waals surface area contributed by atoms with E-state index in [1.54, 1.807) is 0 Å². The van der Waals surface area contributed by atoms with E-state index in [2.05, 4.69) is 35.6 Å². The van der Waals surface area contributed by atoms with Crippen molar-refractivity contribution in [1.82, 2.24) is 14.7 Å². The standard InChI is InChI=1S/C14H29N3/c1-4-17-10-9-16(11-13(17)2)12-14-5-7-15(3)8-6-14/h13-14H,4-12H2,1-3H3/t13-/m0/s1. The van der Waals surface area contributed by atoms with Gasteiger partial charge in [0.25, 0.3) is 0 Å². The van der Waals surface area contributed by atoms with Crippen LogP contribution in [0.4, 0.5) is 0 Å². The minimum Gasteiger partial charge on any atom is -0.306 e. The highest BCUT2D eigenvalue weighted by molar-refractivity contribution is 4.81. The van der Waals surface area contributed by atoms with Crippen LogP contribution < -0.4 is 0 Å². The molecule has 2 fully saturated rings. The van der Waals surface area contributed by atoms with E-state index in [-0.39, 0.29) is 0 Å². The van der Waals surface area contributed by atoms with Gasteiger partial charge in [-0.25, -0.2) is 0 Å². The van der Waals surface area contributed by atoms with Gasteiger partial charge in [-0.05, 0) is 52.4 Å². The van der Waals surface area contributed by atoms with Gasteiger partial charge in [0, 0.05) is 32.2 Å². The molecule has 0 radical (unpaired) electrons. The molecule has 2 aliphatic heterocycles. The van der Waals surface area contributed by atoms with Gasteiger partial charge in [-0.1, -0.05) is 6.92 Å². The molecule has 0 amide bonds. The van der Waals surface area contributed by atoms with Crippen LogP contribution in [0.15, 0.2) is 0 Å². The molecule has 0 bridgehead atoms. The maximum Gasteiger partial charge on any atom is 0.0195 e. The molecule has 3 nitrogen and oxygen atoms in total. The first-order valence-electron chi connectivity index (χ1n) is 7.34. The van der Waals surface area contributed by atoms with Crippen LogP contribution >= 0.6 is 0 Å². The highest BCUT2D eigenvalue weighted by Crippen LogP contribution is 2.19. The number of likely N-dealkylation sites (tertiary alicyclic amines) is 1. The van der Waals surface area contributed by atoms with Crippen LogP contribution in [-0.2, 0) is 0 Å². The zero-order chi connectivity index (χ0) is 12.3. The Balaban J connectivity index is 1.73. The van der Waals surface area contributed by atoms with E-state index in [1.807, 2.05) is 0 Å². The van der Waals surface area contributed by atoms with Crippen molar-refractivity contribution in [2.24, 2.45) is 5.92 Å². The lowest BCUT2D eigenvalue weighted by atomic mass is 9.96. The monoisotopic (exact) mass is 239 g/mol. The van der Waals surface area contributed by atoms with Crippen molar-refractivity contribution in [1.29, 1.82) is 0 Å². The van der Waals surface area contributed by atoms with Gasteiger partial charge in [0.1, 0.15) is 0 Å². The lowest BCUT2D eigenvalue weighted by molar-refractivity contribution is 0.0669. The Morgan fingerprint density at radius 2 is 1.76 bits per heavy atom. The third kappa shape index (κ3) is 3.67. The van der Waals surface area contributed by atoms with Crippen molar-refractivity contribution in [3.8, 4) is 0 Å². The van der Waals surface area contributed by atoms with Crippen LogP contribution in [0.1, 0.15) is 26.7 Å². The van der Waals surface area contributed by atoms with E-state index < -0.39 is 0 Å². The molecule has 0 aromatic heterocycles. The molecular weight excluding hydrogens is 210 g/mol. The average Bonchev–Trinajstić information content (AvgIpc) is 2.32. The van der Waals surface area contributed by atoms with Gasteiger partial charge in [0.15, 0.2) is 0 Å². The highest BCUT2D eigenvalue weighted by Gasteiger charge is 2.25. The molecule has 17 heavy (non-hydrogen) atoms. The summed E-state index contributed by atoms with van der Waals surface area (Å²) >= 11 is 0. The van der Waals surface area contributed by atoms with Crippen LogP contribution in [0.3, 0.4) is 0 Å². The highest BCUT2D eigenvalue weighted by atomic mass is 15.3. The van der Waals surface area contributed by atoms with Crippen molar-refractivity contribution >= 4 is 0 Å². The van der Waals surface area contributed by atoms with Gasteiger partial charge in [-0.15, -0.1) is 0 Å². The molecule has 2 rings (SSSR count). The van der Waals surface area contributed by atoms with Gasteiger partial charge in [0.2, 0.25) is 0 Å². The summed E-state index contributed by atoms with van der Waals surface area (Å²) in [5, 5.41) is 0. The van der Waals surface area contributed by atoms with E-state index in [9.17, 15) is 0 Å². The Labute approximate surface area is 107 Å². The molecule has 0 N–H and O–H groups in total. The summed E-state index contributed by atoms with van der Waals surface area (Å²) in [5.74, 6) is 0.951.